The molecule has 1 aliphatic rings. The number of hydrogen-bond donors (Lipinski definition) is 0. The van der Waals surface area contributed by atoms with Crippen molar-refractivity contribution in [1.29, 1.82) is 0 Å². The Morgan fingerprint density at radius 3 is 2.42 bits per heavy atom. The Labute approximate surface area is 162 Å². The summed E-state index contributed by atoms with van der Waals surface area (Å²) in [6, 6.07) is 12.2. The number of hydrogen-bond acceptors (Lipinski definition) is 3. The van der Waals surface area contributed by atoms with Crippen LogP contribution in [0.4, 0.5) is 11.4 Å². The van der Waals surface area contributed by atoms with Gasteiger partial charge in [0.15, 0.2) is 5.38 Å². The van der Waals surface area contributed by atoms with Gasteiger partial charge in [0.2, 0.25) is 0 Å². The zero-order valence-electron chi connectivity index (χ0n) is 12.5. The molecular formula is C17H11Cl2IN2O2. The zero-order chi connectivity index (χ0) is 17.4. The highest BCUT2D eigenvalue weighted by atomic mass is 127. The van der Waals surface area contributed by atoms with Crippen LogP contribution in [-0.2, 0) is 9.59 Å². The maximum atomic E-state index is 12.6. The number of rotatable bonds is 2. The van der Waals surface area contributed by atoms with E-state index in [1.54, 1.807) is 30.3 Å². The highest BCUT2D eigenvalue weighted by Crippen LogP contribution is 2.29. The Morgan fingerprint density at radius 2 is 1.79 bits per heavy atom. The van der Waals surface area contributed by atoms with Crippen molar-refractivity contribution in [3.63, 3.8) is 0 Å². The van der Waals surface area contributed by atoms with Gasteiger partial charge < -0.3 is 0 Å². The number of halogens is 3. The van der Waals surface area contributed by atoms with Gasteiger partial charge >= 0.3 is 0 Å². The number of carbonyl (C=O) groups is 2. The van der Waals surface area contributed by atoms with E-state index in [0.29, 0.717) is 16.4 Å². The summed E-state index contributed by atoms with van der Waals surface area (Å²) in [6.07, 6.45) is 0. The van der Waals surface area contributed by atoms with Gasteiger partial charge in [-0.25, -0.2) is 9.89 Å². The molecule has 24 heavy (non-hydrogen) atoms. The van der Waals surface area contributed by atoms with Gasteiger partial charge in [-0.05, 0) is 71.5 Å². The van der Waals surface area contributed by atoms with Gasteiger partial charge in [-0.3, -0.25) is 9.59 Å². The van der Waals surface area contributed by atoms with Crippen LogP contribution < -0.4 is 4.90 Å². The predicted octanol–water partition coefficient (Wildman–Crippen LogP) is 4.51. The molecular weight excluding hydrogens is 462 g/mol. The van der Waals surface area contributed by atoms with Gasteiger partial charge in [0.25, 0.3) is 11.8 Å². The molecule has 2 aromatic carbocycles. The van der Waals surface area contributed by atoms with Crippen LogP contribution >= 0.6 is 45.8 Å². The number of imide groups is 1. The SMILES string of the molecule is Cc1ccc(N2C(=O)C(=Nc3ccc(I)cc3)C(Cl)C2=O)cc1Cl. The van der Waals surface area contributed by atoms with E-state index in [4.69, 9.17) is 23.2 Å². The zero-order valence-corrected chi connectivity index (χ0v) is 16.1. The fourth-order valence-electron chi connectivity index (χ4n) is 2.28. The normalized spacial score (nSPS) is 19.4. The highest BCUT2D eigenvalue weighted by molar-refractivity contribution is 14.1. The van der Waals surface area contributed by atoms with Crippen molar-refractivity contribution in [1.82, 2.24) is 0 Å². The Kier molecular flexibility index (Phi) is 4.94. The number of aliphatic imine (C=N–C) groups is 1. The van der Waals surface area contributed by atoms with Crippen LogP contribution in [0.1, 0.15) is 5.56 Å². The van der Waals surface area contributed by atoms with Crippen molar-refractivity contribution < 1.29 is 9.59 Å². The summed E-state index contributed by atoms with van der Waals surface area (Å²) in [5, 5.41) is -0.640. The third kappa shape index (κ3) is 3.20. The summed E-state index contributed by atoms with van der Waals surface area (Å²) in [5.74, 6) is -1.05. The second-order valence-corrected chi connectivity index (χ2v) is 7.34. The van der Waals surface area contributed by atoms with E-state index >= 15 is 0 Å². The number of anilines is 1. The van der Waals surface area contributed by atoms with Crippen LogP contribution in [0.5, 0.6) is 0 Å². The van der Waals surface area contributed by atoms with Gasteiger partial charge in [0.1, 0.15) is 5.71 Å². The monoisotopic (exact) mass is 472 g/mol. The number of carbonyl (C=O) groups excluding carboxylic acids is 2. The third-order valence-corrected chi connectivity index (χ3v) is 5.11. The molecule has 1 aliphatic heterocycles. The summed E-state index contributed by atoms with van der Waals surface area (Å²) < 4.78 is 1.05. The second kappa shape index (κ2) is 6.82. The molecule has 3 rings (SSSR count). The number of benzene rings is 2. The van der Waals surface area contributed by atoms with Crippen LogP contribution in [0.3, 0.4) is 0 Å². The topological polar surface area (TPSA) is 49.7 Å². The molecule has 2 aromatic rings. The number of amides is 2. The molecule has 1 saturated heterocycles. The van der Waals surface area contributed by atoms with Crippen molar-refractivity contribution in [3.8, 4) is 0 Å². The van der Waals surface area contributed by atoms with Crippen LogP contribution in [0, 0.1) is 10.5 Å². The minimum atomic E-state index is -1.11. The minimum Gasteiger partial charge on any atom is -0.272 e. The highest BCUT2D eigenvalue weighted by Gasteiger charge is 2.44. The average Bonchev–Trinajstić information content (AvgIpc) is 2.76. The molecule has 7 heteroatoms. The predicted molar refractivity (Wildman–Crippen MR) is 105 cm³/mol. The smallest absolute Gasteiger partial charge is 0.272 e. The molecule has 1 heterocycles. The molecule has 2 amide bonds. The molecule has 1 atom stereocenters. The van der Waals surface area contributed by atoms with Crippen molar-refractivity contribution in [2.24, 2.45) is 4.99 Å². The summed E-state index contributed by atoms with van der Waals surface area (Å²) in [6.45, 7) is 1.84. The number of aryl methyl sites for hydroxylation is 1. The van der Waals surface area contributed by atoms with Crippen molar-refractivity contribution in [2.75, 3.05) is 4.90 Å². The molecule has 0 aliphatic carbocycles. The quantitative estimate of drug-likeness (QED) is 0.367. The number of nitrogens with zero attached hydrogens (tertiary/aromatic N) is 2. The Morgan fingerprint density at radius 1 is 1.12 bits per heavy atom. The molecule has 0 aromatic heterocycles. The van der Waals surface area contributed by atoms with Crippen LogP contribution in [0.2, 0.25) is 5.02 Å². The first-order valence-electron chi connectivity index (χ1n) is 7.01. The number of alkyl halides is 1. The molecule has 0 saturated carbocycles. The molecule has 1 unspecified atom stereocenters. The van der Waals surface area contributed by atoms with E-state index in [0.717, 1.165) is 14.0 Å². The van der Waals surface area contributed by atoms with E-state index in [1.807, 2.05) is 19.1 Å². The Bertz CT molecular complexity index is 865. The van der Waals surface area contributed by atoms with Gasteiger partial charge in [-0.15, -0.1) is 11.6 Å². The minimum absolute atomic E-state index is 0.0135. The van der Waals surface area contributed by atoms with E-state index < -0.39 is 17.2 Å². The van der Waals surface area contributed by atoms with Gasteiger partial charge in [0.05, 0.1) is 11.4 Å². The van der Waals surface area contributed by atoms with E-state index in [-0.39, 0.29) is 5.71 Å². The molecule has 0 bridgehead atoms. The average molecular weight is 473 g/mol. The fourth-order valence-corrected chi connectivity index (χ4v) is 3.05. The van der Waals surface area contributed by atoms with Gasteiger partial charge in [-0.1, -0.05) is 17.7 Å². The van der Waals surface area contributed by atoms with Crippen molar-refractivity contribution in [2.45, 2.75) is 12.3 Å². The first-order valence-corrected chi connectivity index (χ1v) is 8.90. The summed E-state index contributed by atoms with van der Waals surface area (Å²) in [7, 11) is 0. The second-order valence-electron chi connectivity index (χ2n) is 5.25. The molecule has 0 spiro atoms. The maximum absolute atomic E-state index is 12.6. The first kappa shape index (κ1) is 17.4. The maximum Gasteiger partial charge on any atom is 0.281 e. The summed E-state index contributed by atoms with van der Waals surface area (Å²) in [5.41, 5.74) is 1.83. The van der Waals surface area contributed by atoms with Crippen molar-refractivity contribution >= 4 is 74.7 Å². The largest absolute Gasteiger partial charge is 0.281 e. The molecule has 122 valence electrons. The lowest BCUT2D eigenvalue weighted by molar-refractivity contribution is -0.120. The Balaban J connectivity index is 2.00. The lowest BCUT2D eigenvalue weighted by atomic mass is 10.2. The molecule has 1 fully saturated rings. The fraction of sp³-hybridized carbons (Fsp3) is 0.118. The molecule has 0 radical (unpaired) electrons. The summed E-state index contributed by atoms with van der Waals surface area (Å²) in [4.78, 5) is 30.3. The van der Waals surface area contributed by atoms with E-state index in [2.05, 4.69) is 27.6 Å². The lowest BCUT2D eigenvalue weighted by Gasteiger charge is -2.14. The third-order valence-electron chi connectivity index (χ3n) is 3.59. The lowest BCUT2D eigenvalue weighted by Crippen LogP contribution is -2.31. The van der Waals surface area contributed by atoms with Crippen LogP contribution in [-0.4, -0.2) is 22.9 Å². The van der Waals surface area contributed by atoms with Gasteiger partial charge in [-0.2, -0.15) is 0 Å². The standard InChI is InChI=1S/C17H11Cl2IN2O2/c1-9-2-7-12(8-13(9)18)22-16(23)14(19)15(17(22)24)21-11-5-3-10(20)4-6-11/h2-8,14H,1H3. The molecule has 0 N–H and O–H groups in total. The van der Waals surface area contributed by atoms with Crippen LogP contribution in [0.25, 0.3) is 0 Å². The molecule has 4 nitrogen and oxygen atoms in total. The van der Waals surface area contributed by atoms with E-state index in [1.165, 1.54) is 0 Å². The van der Waals surface area contributed by atoms with Gasteiger partial charge in [0, 0.05) is 8.59 Å². The Hall–Kier alpha value is -1.44. The van der Waals surface area contributed by atoms with Crippen LogP contribution in [0.15, 0.2) is 47.5 Å². The first-order chi connectivity index (χ1) is 11.4. The summed E-state index contributed by atoms with van der Waals surface area (Å²) >= 11 is 14.4. The van der Waals surface area contributed by atoms with E-state index in [9.17, 15) is 9.59 Å². The van der Waals surface area contributed by atoms with Crippen molar-refractivity contribution in [3.05, 3.63) is 56.6 Å².